The van der Waals surface area contributed by atoms with Gasteiger partial charge in [0.25, 0.3) is 0 Å². The zero-order chi connectivity index (χ0) is 12.4. The summed E-state index contributed by atoms with van der Waals surface area (Å²) in [6, 6.07) is 7.65. The molecule has 1 aromatic heterocycles. The van der Waals surface area contributed by atoms with Crippen LogP contribution in [-0.4, -0.2) is 11.1 Å². The Morgan fingerprint density at radius 1 is 1.35 bits per heavy atom. The summed E-state index contributed by atoms with van der Waals surface area (Å²) in [6.45, 7) is 1.84. The molecule has 0 fully saturated rings. The van der Waals surface area contributed by atoms with Crippen molar-refractivity contribution in [2.75, 3.05) is 0 Å². The molecule has 0 aliphatic carbocycles. The summed E-state index contributed by atoms with van der Waals surface area (Å²) in [4.78, 5) is 10.5. The predicted octanol–water partition coefficient (Wildman–Crippen LogP) is 3.02. The van der Waals surface area contributed by atoms with E-state index in [9.17, 15) is 9.18 Å². The van der Waals surface area contributed by atoms with Crippen molar-refractivity contribution >= 4 is 5.97 Å². The van der Waals surface area contributed by atoms with Gasteiger partial charge >= 0.3 is 5.97 Å². The quantitative estimate of drug-likeness (QED) is 0.888. The summed E-state index contributed by atoms with van der Waals surface area (Å²) in [6.07, 6.45) is -0.172. The molecule has 2 rings (SSSR count). The first-order valence-corrected chi connectivity index (χ1v) is 5.13. The number of carbonyl (C=O) groups is 1. The second kappa shape index (κ2) is 4.41. The van der Waals surface area contributed by atoms with E-state index in [0.717, 1.165) is 5.56 Å². The minimum Gasteiger partial charge on any atom is -0.481 e. The first kappa shape index (κ1) is 11.4. The second-order valence-corrected chi connectivity index (χ2v) is 3.80. The number of carboxylic acids is 1. The monoisotopic (exact) mass is 234 g/mol. The molecule has 0 aliphatic rings. The first-order valence-electron chi connectivity index (χ1n) is 5.13. The van der Waals surface area contributed by atoms with Crippen LogP contribution in [0, 0.1) is 12.7 Å². The van der Waals surface area contributed by atoms with Gasteiger partial charge in [0.1, 0.15) is 23.8 Å². The van der Waals surface area contributed by atoms with Gasteiger partial charge in [-0.2, -0.15) is 0 Å². The molecule has 0 radical (unpaired) electrons. The maximum Gasteiger partial charge on any atom is 0.311 e. The fourth-order valence-electron chi connectivity index (χ4n) is 1.63. The molecule has 2 aromatic rings. The van der Waals surface area contributed by atoms with Gasteiger partial charge in [0.2, 0.25) is 0 Å². The van der Waals surface area contributed by atoms with Gasteiger partial charge in [-0.25, -0.2) is 4.39 Å². The van der Waals surface area contributed by atoms with E-state index >= 15 is 0 Å². The summed E-state index contributed by atoms with van der Waals surface area (Å²) >= 11 is 0. The third-order valence-electron chi connectivity index (χ3n) is 2.45. The summed E-state index contributed by atoms with van der Waals surface area (Å²) < 4.78 is 18.5. The van der Waals surface area contributed by atoms with Gasteiger partial charge in [0.15, 0.2) is 0 Å². The molecule has 0 saturated heterocycles. The minimum absolute atomic E-state index is 0.172. The van der Waals surface area contributed by atoms with Gasteiger partial charge < -0.3 is 9.52 Å². The van der Waals surface area contributed by atoms with E-state index in [1.807, 2.05) is 6.92 Å². The number of aliphatic carboxylic acids is 1. The van der Waals surface area contributed by atoms with Gasteiger partial charge in [-0.3, -0.25) is 4.79 Å². The van der Waals surface area contributed by atoms with Gasteiger partial charge in [0.05, 0.1) is 0 Å². The summed E-state index contributed by atoms with van der Waals surface area (Å²) in [5, 5.41) is 8.63. The van der Waals surface area contributed by atoms with Crippen LogP contribution in [0.25, 0.3) is 11.3 Å². The van der Waals surface area contributed by atoms with Crippen molar-refractivity contribution in [1.82, 2.24) is 0 Å². The van der Waals surface area contributed by atoms with Gasteiger partial charge in [0, 0.05) is 5.56 Å². The molecule has 0 atom stereocenters. The maximum absolute atomic E-state index is 13.1. The lowest BCUT2D eigenvalue weighted by atomic mass is 10.1. The number of rotatable bonds is 3. The molecular weight excluding hydrogens is 223 g/mol. The first-order chi connectivity index (χ1) is 8.06. The van der Waals surface area contributed by atoms with Crippen molar-refractivity contribution in [3.05, 3.63) is 47.5 Å². The van der Waals surface area contributed by atoms with Gasteiger partial charge in [-0.05, 0) is 36.8 Å². The lowest BCUT2D eigenvalue weighted by molar-refractivity contribution is -0.136. The summed E-state index contributed by atoms with van der Waals surface area (Å²) in [5.74, 6) is -0.460. The van der Waals surface area contributed by atoms with Crippen LogP contribution < -0.4 is 0 Å². The third kappa shape index (κ3) is 2.53. The Kier molecular flexibility index (Phi) is 2.95. The number of benzene rings is 1. The van der Waals surface area contributed by atoms with Crippen molar-refractivity contribution in [1.29, 1.82) is 0 Å². The van der Waals surface area contributed by atoms with Gasteiger partial charge in [-0.15, -0.1) is 0 Å². The van der Waals surface area contributed by atoms with Crippen LogP contribution in [0.5, 0.6) is 0 Å². The molecule has 3 nitrogen and oxygen atoms in total. The number of carboxylic acid groups (broad SMARTS) is 1. The van der Waals surface area contributed by atoms with E-state index in [0.29, 0.717) is 17.1 Å². The molecule has 1 heterocycles. The molecule has 88 valence electrons. The predicted molar refractivity (Wildman–Crippen MR) is 60.2 cm³/mol. The van der Waals surface area contributed by atoms with Crippen molar-refractivity contribution in [3.63, 3.8) is 0 Å². The van der Waals surface area contributed by atoms with Crippen molar-refractivity contribution < 1.29 is 18.7 Å². The van der Waals surface area contributed by atoms with E-state index in [1.165, 1.54) is 12.1 Å². The highest BCUT2D eigenvalue weighted by Crippen LogP contribution is 2.26. The zero-order valence-electron chi connectivity index (χ0n) is 9.24. The highest BCUT2D eigenvalue weighted by molar-refractivity contribution is 5.70. The normalized spacial score (nSPS) is 10.5. The lowest BCUT2D eigenvalue weighted by Gasteiger charge is -2.02. The summed E-state index contributed by atoms with van der Waals surface area (Å²) in [7, 11) is 0. The molecule has 0 bridgehead atoms. The number of aryl methyl sites for hydroxylation is 1. The van der Waals surface area contributed by atoms with E-state index in [2.05, 4.69) is 0 Å². The number of hydrogen-bond donors (Lipinski definition) is 1. The molecule has 4 heteroatoms. The number of hydrogen-bond acceptors (Lipinski definition) is 2. The Balaban J connectivity index is 2.36. The Morgan fingerprint density at radius 3 is 2.82 bits per heavy atom. The topological polar surface area (TPSA) is 50.4 Å². The molecule has 0 spiro atoms. The Labute approximate surface area is 97.5 Å². The van der Waals surface area contributed by atoms with Crippen molar-refractivity contribution in [2.24, 2.45) is 0 Å². The highest BCUT2D eigenvalue weighted by Gasteiger charge is 2.10. The van der Waals surface area contributed by atoms with E-state index in [1.54, 1.807) is 18.2 Å². The van der Waals surface area contributed by atoms with Crippen molar-refractivity contribution in [2.45, 2.75) is 13.3 Å². The van der Waals surface area contributed by atoms with Crippen LogP contribution in [0.15, 0.2) is 34.7 Å². The molecule has 0 unspecified atom stereocenters. The number of halogens is 1. The molecule has 0 aliphatic heterocycles. The largest absolute Gasteiger partial charge is 0.481 e. The fourth-order valence-corrected chi connectivity index (χ4v) is 1.63. The third-order valence-corrected chi connectivity index (χ3v) is 2.45. The zero-order valence-corrected chi connectivity index (χ0v) is 9.24. The average molecular weight is 234 g/mol. The van der Waals surface area contributed by atoms with E-state index < -0.39 is 5.97 Å². The SMILES string of the molecule is Cc1ccc(F)cc1-c1ccc(CC(=O)O)o1. The highest BCUT2D eigenvalue weighted by atomic mass is 19.1. The molecule has 17 heavy (non-hydrogen) atoms. The molecule has 0 amide bonds. The molecule has 0 saturated carbocycles. The Bertz CT molecular complexity index is 558. The van der Waals surface area contributed by atoms with Crippen LogP contribution in [0.4, 0.5) is 4.39 Å². The van der Waals surface area contributed by atoms with Crippen LogP contribution in [0.2, 0.25) is 0 Å². The molecular formula is C13H11FO3. The fraction of sp³-hybridized carbons (Fsp3) is 0.154. The van der Waals surface area contributed by atoms with E-state index in [4.69, 9.17) is 9.52 Å². The van der Waals surface area contributed by atoms with Crippen LogP contribution in [0.3, 0.4) is 0 Å². The second-order valence-electron chi connectivity index (χ2n) is 3.80. The Morgan fingerprint density at radius 2 is 2.12 bits per heavy atom. The Hall–Kier alpha value is -2.10. The maximum atomic E-state index is 13.1. The summed E-state index contributed by atoms with van der Waals surface area (Å²) in [5.41, 5.74) is 1.52. The molecule has 1 aromatic carbocycles. The number of furan rings is 1. The lowest BCUT2D eigenvalue weighted by Crippen LogP contribution is -1.97. The van der Waals surface area contributed by atoms with Crippen LogP contribution in [0.1, 0.15) is 11.3 Å². The smallest absolute Gasteiger partial charge is 0.311 e. The standard InChI is InChI=1S/C13H11FO3/c1-8-2-3-9(14)6-11(8)12-5-4-10(17-12)7-13(15)16/h2-6H,7H2,1H3,(H,15,16). The van der Waals surface area contributed by atoms with Crippen molar-refractivity contribution in [3.8, 4) is 11.3 Å². The van der Waals surface area contributed by atoms with E-state index in [-0.39, 0.29) is 12.2 Å². The minimum atomic E-state index is -0.957. The average Bonchev–Trinajstić information content (AvgIpc) is 2.69. The van der Waals surface area contributed by atoms with Crippen LogP contribution >= 0.6 is 0 Å². The molecule has 1 N–H and O–H groups in total. The van der Waals surface area contributed by atoms with Crippen LogP contribution in [-0.2, 0) is 11.2 Å². The van der Waals surface area contributed by atoms with Gasteiger partial charge in [-0.1, -0.05) is 6.07 Å².